The fourth-order valence-electron chi connectivity index (χ4n) is 2.94. The van der Waals surface area contributed by atoms with Gasteiger partial charge in [-0.1, -0.05) is 0 Å². The summed E-state index contributed by atoms with van der Waals surface area (Å²) < 4.78 is 15.3. The third-order valence-electron chi connectivity index (χ3n) is 4.88. The zero-order valence-electron chi connectivity index (χ0n) is 17.4. The number of aliphatic hydroxyl groups excluding tert-OH is 8. The second kappa shape index (κ2) is 14.0. The summed E-state index contributed by atoms with van der Waals surface area (Å²) in [6.07, 6.45) is -15.5. The molecule has 33 heavy (non-hydrogen) atoms. The minimum absolute atomic E-state index is 0.0551. The van der Waals surface area contributed by atoms with Crippen LogP contribution in [-0.4, -0.2) is 127 Å². The molecule has 0 aliphatic carbocycles. The van der Waals surface area contributed by atoms with E-state index in [4.69, 9.17) is 31.0 Å². The molecule has 0 aromatic heterocycles. The lowest BCUT2D eigenvalue weighted by Gasteiger charge is -2.45. The molecule has 0 unspecified atom stereocenters. The molecule has 0 bridgehead atoms. The van der Waals surface area contributed by atoms with Crippen LogP contribution in [0.4, 0.5) is 0 Å². The first-order chi connectivity index (χ1) is 15.5. The van der Waals surface area contributed by atoms with E-state index in [0.29, 0.717) is 0 Å². The van der Waals surface area contributed by atoms with Crippen LogP contribution in [0.5, 0.6) is 0 Å². The van der Waals surface area contributed by atoms with Gasteiger partial charge >= 0.3 is 0 Å². The average Bonchev–Trinajstić information content (AvgIpc) is 2.82. The normalized spacial score (nSPS) is 38.6. The highest BCUT2D eigenvalue weighted by atomic mass is 16.7. The Labute approximate surface area is 187 Å². The molecule has 10 atom stereocenters. The summed E-state index contributed by atoms with van der Waals surface area (Å²) in [5.74, 6) is 8.70. The number of aliphatic hydroxyl groups is 8. The van der Waals surface area contributed by atoms with Crippen molar-refractivity contribution >= 4 is 11.8 Å². The van der Waals surface area contributed by atoms with Crippen molar-refractivity contribution in [3.63, 3.8) is 0 Å². The van der Waals surface area contributed by atoms with Gasteiger partial charge in [-0.05, 0) is 0 Å². The van der Waals surface area contributed by atoms with Gasteiger partial charge in [-0.2, -0.15) is 0 Å². The van der Waals surface area contributed by atoms with Crippen LogP contribution in [0.1, 0.15) is 12.8 Å². The molecule has 0 aromatic carbocycles. The number of ether oxygens (including phenoxy) is 3. The molecule has 14 N–H and O–H groups in total. The third kappa shape index (κ3) is 8.00. The molecule has 0 aromatic rings. The summed E-state index contributed by atoms with van der Waals surface area (Å²) in [4.78, 5) is 20.8. The number of nitrogens with one attached hydrogen (secondary N) is 2. The van der Waals surface area contributed by atoms with Crippen LogP contribution in [-0.2, 0) is 23.8 Å². The Balaban J connectivity index is 0.000000461. The molecule has 17 nitrogen and oxygen atoms in total. The standard InChI is InChI=1S/C12H22O11.C4H10N4O2/c13-1-3-5(15)6(16)9(19)12(22-3)23-10-4(2-14)21-11(20)8(18)7(10)17;5-7-3(9)1-2-4(10)8-6/h3-20H,1-2H2;1-2,5-6H2,(H,7,9)(H,8,10)/t3-,4-,5+,6+,7-,8-,9-,10-,11-,12+;/m1./s1. The van der Waals surface area contributed by atoms with E-state index in [9.17, 15) is 45.3 Å². The zero-order chi connectivity index (χ0) is 25.3. The quantitative estimate of drug-likeness (QED) is 0.0899. The zero-order valence-corrected chi connectivity index (χ0v) is 17.4. The van der Waals surface area contributed by atoms with E-state index in [1.165, 1.54) is 0 Å². The molecular weight excluding hydrogens is 456 g/mol. The first-order valence-corrected chi connectivity index (χ1v) is 9.77. The van der Waals surface area contributed by atoms with Gasteiger partial charge in [0.05, 0.1) is 13.2 Å². The van der Waals surface area contributed by atoms with Gasteiger partial charge < -0.3 is 55.1 Å². The van der Waals surface area contributed by atoms with Crippen molar-refractivity contribution in [2.45, 2.75) is 74.3 Å². The fraction of sp³-hybridized carbons (Fsp3) is 0.875. The molecule has 2 aliphatic heterocycles. The van der Waals surface area contributed by atoms with E-state index in [1.54, 1.807) is 0 Å². The molecule has 194 valence electrons. The fourth-order valence-corrected chi connectivity index (χ4v) is 2.94. The number of hydrogen-bond donors (Lipinski definition) is 12. The lowest BCUT2D eigenvalue weighted by atomic mass is 9.97. The maximum absolute atomic E-state index is 10.4. The molecule has 2 aliphatic rings. The van der Waals surface area contributed by atoms with Crippen LogP contribution < -0.4 is 22.5 Å². The Morgan fingerprint density at radius 3 is 1.70 bits per heavy atom. The van der Waals surface area contributed by atoms with Crippen molar-refractivity contribution < 1.29 is 64.7 Å². The largest absolute Gasteiger partial charge is 0.394 e. The van der Waals surface area contributed by atoms with Crippen molar-refractivity contribution in [2.75, 3.05) is 13.2 Å². The second-order valence-electron chi connectivity index (χ2n) is 7.16. The number of hydrazine groups is 2. The highest BCUT2D eigenvalue weighted by molar-refractivity contribution is 5.82. The molecule has 2 saturated heterocycles. The van der Waals surface area contributed by atoms with Crippen LogP contribution in [0.3, 0.4) is 0 Å². The van der Waals surface area contributed by atoms with Gasteiger partial charge in [0.15, 0.2) is 12.6 Å². The van der Waals surface area contributed by atoms with E-state index in [1.807, 2.05) is 10.9 Å². The Bertz CT molecular complexity index is 597. The minimum atomic E-state index is -1.74. The summed E-state index contributed by atoms with van der Waals surface area (Å²) in [6.45, 7) is -1.35. The first kappa shape index (κ1) is 29.5. The Kier molecular flexibility index (Phi) is 12.5. The van der Waals surface area contributed by atoms with E-state index >= 15 is 0 Å². The minimum Gasteiger partial charge on any atom is -0.394 e. The maximum Gasteiger partial charge on any atom is 0.234 e. The average molecular weight is 488 g/mol. The highest BCUT2D eigenvalue weighted by Crippen LogP contribution is 2.28. The predicted molar refractivity (Wildman–Crippen MR) is 103 cm³/mol. The lowest BCUT2D eigenvalue weighted by molar-refractivity contribution is -0.355. The van der Waals surface area contributed by atoms with E-state index in [-0.39, 0.29) is 24.7 Å². The SMILES string of the molecule is NNC(=O)CCC(=O)NN.OC[C@H]1O[C@@H](O[C@H]2[C@H](O)[C@@H](O)[C@H](O)O[C@@H]2CO)[C@H](O)[C@@H](O)[C@H]1O. The van der Waals surface area contributed by atoms with Crippen LogP contribution in [0.15, 0.2) is 0 Å². The van der Waals surface area contributed by atoms with Crippen LogP contribution in [0, 0.1) is 0 Å². The molecule has 2 fully saturated rings. The van der Waals surface area contributed by atoms with Gasteiger partial charge in [0.1, 0.15) is 48.8 Å². The second-order valence-corrected chi connectivity index (χ2v) is 7.16. The third-order valence-corrected chi connectivity index (χ3v) is 4.88. The number of amides is 2. The van der Waals surface area contributed by atoms with Gasteiger partial charge in [-0.25, -0.2) is 11.7 Å². The van der Waals surface area contributed by atoms with Gasteiger partial charge in [-0.3, -0.25) is 20.4 Å². The number of hydrogen-bond acceptors (Lipinski definition) is 15. The molecule has 2 rings (SSSR count). The smallest absolute Gasteiger partial charge is 0.234 e. The molecule has 2 amide bonds. The molecular formula is C16H32N4O13. The molecule has 0 saturated carbocycles. The molecule has 0 radical (unpaired) electrons. The monoisotopic (exact) mass is 488 g/mol. The Hall–Kier alpha value is -1.58. The summed E-state index contributed by atoms with van der Waals surface area (Å²) in [6, 6.07) is 0. The lowest BCUT2D eigenvalue weighted by Crippen LogP contribution is -2.64. The van der Waals surface area contributed by atoms with E-state index < -0.39 is 74.6 Å². The summed E-state index contributed by atoms with van der Waals surface area (Å²) in [5.41, 5.74) is 3.77. The maximum atomic E-state index is 10.4. The molecule has 17 heteroatoms. The molecule has 0 spiro atoms. The Morgan fingerprint density at radius 2 is 1.24 bits per heavy atom. The number of nitrogens with two attached hydrogens (primary N) is 2. The topological polar surface area (TPSA) is 300 Å². The molecule has 2 heterocycles. The first-order valence-electron chi connectivity index (χ1n) is 9.77. The van der Waals surface area contributed by atoms with Gasteiger partial charge in [0, 0.05) is 12.8 Å². The van der Waals surface area contributed by atoms with Crippen molar-refractivity contribution in [3.05, 3.63) is 0 Å². The number of rotatable bonds is 7. The highest BCUT2D eigenvalue weighted by Gasteiger charge is 2.50. The summed E-state index contributed by atoms with van der Waals surface area (Å²) in [5, 5.41) is 76.5. The van der Waals surface area contributed by atoms with Crippen LogP contribution in [0.2, 0.25) is 0 Å². The van der Waals surface area contributed by atoms with Crippen LogP contribution >= 0.6 is 0 Å². The van der Waals surface area contributed by atoms with Gasteiger partial charge in [0.25, 0.3) is 0 Å². The van der Waals surface area contributed by atoms with E-state index in [0.717, 1.165) is 0 Å². The van der Waals surface area contributed by atoms with Gasteiger partial charge in [-0.15, -0.1) is 0 Å². The summed E-state index contributed by atoms with van der Waals surface area (Å²) >= 11 is 0. The van der Waals surface area contributed by atoms with Gasteiger partial charge in [0.2, 0.25) is 11.8 Å². The van der Waals surface area contributed by atoms with Crippen molar-refractivity contribution in [3.8, 4) is 0 Å². The van der Waals surface area contributed by atoms with Crippen molar-refractivity contribution in [1.82, 2.24) is 10.9 Å². The predicted octanol–water partition coefficient (Wildman–Crippen LogP) is -7.65. The Morgan fingerprint density at radius 1 is 0.727 bits per heavy atom. The number of carbonyl (C=O) groups is 2. The van der Waals surface area contributed by atoms with Crippen LogP contribution in [0.25, 0.3) is 0 Å². The summed E-state index contributed by atoms with van der Waals surface area (Å²) in [7, 11) is 0. The van der Waals surface area contributed by atoms with E-state index in [2.05, 4.69) is 0 Å². The van der Waals surface area contributed by atoms with Crippen molar-refractivity contribution in [2.24, 2.45) is 11.7 Å². The number of carbonyl (C=O) groups excluding carboxylic acids is 2. The van der Waals surface area contributed by atoms with Crippen molar-refractivity contribution in [1.29, 1.82) is 0 Å².